The molecule has 3 rings (SSSR count). The molecule has 0 spiro atoms. The van der Waals surface area contributed by atoms with E-state index in [1.54, 1.807) is 6.07 Å². The third kappa shape index (κ3) is 3.81. The van der Waals surface area contributed by atoms with Gasteiger partial charge in [-0.25, -0.2) is 14.2 Å². The van der Waals surface area contributed by atoms with Gasteiger partial charge >= 0.3 is 0 Å². The molecule has 0 radical (unpaired) electrons. The van der Waals surface area contributed by atoms with Crippen LogP contribution in [0.3, 0.4) is 0 Å². The van der Waals surface area contributed by atoms with Crippen LogP contribution in [-0.2, 0) is 0 Å². The third-order valence-electron chi connectivity index (χ3n) is 4.87. The SMILES string of the molecule is CCN1c2cc(F)c(/C=N\NC(=O)c3cccc(F)c3)cc2C(C)=CC1(C)C. The second-order valence-corrected chi connectivity index (χ2v) is 7.33. The Kier molecular flexibility index (Phi) is 5.31. The first-order valence-corrected chi connectivity index (χ1v) is 9.13. The highest BCUT2D eigenvalue weighted by Crippen LogP contribution is 2.39. The van der Waals surface area contributed by atoms with Crippen molar-refractivity contribution in [3.8, 4) is 0 Å². The molecule has 28 heavy (non-hydrogen) atoms. The number of halogens is 2. The molecule has 0 unspecified atom stereocenters. The number of carbonyl (C=O) groups excluding carboxylic acids is 1. The average molecular weight is 383 g/mol. The lowest BCUT2D eigenvalue weighted by Gasteiger charge is -2.42. The zero-order chi connectivity index (χ0) is 20.5. The van der Waals surface area contributed by atoms with Crippen molar-refractivity contribution in [2.45, 2.75) is 33.2 Å². The van der Waals surface area contributed by atoms with Gasteiger partial charge in [0.2, 0.25) is 0 Å². The van der Waals surface area contributed by atoms with E-state index in [0.29, 0.717) is 0 Å². The summed E-state index contributed by atoms with van der Waals surface area (Å²) in [5, 5.41) is 3.83. The number of likely N-dealkylation sites (N-methyl/N-ethyl adjacent to an activating group) is 1. The molecule has 0 bridgehead atoms. The molecule has 0 atom stereocenters. The monoisotopic (exact) mass is 383 g/mol. The Hall–Kier alpha value is -3.02. The lowest BCUT2D eigenvalue weighted by Crippen LogP contribution is -2.45. The summed E-state index contributed by atoms with van der Waals surface area (Å²) in [6.07, 6.45) is 3.42. The lowest BCUT2D eigenvalue weighted by atomic mass is 9.88. The van der Waals surface area contributed by atoms with E-state index < -0.39 is 17.5 Å². The van der Waals surface area contributed by atoms with Crippen LogP contribution in [0.5, 0.6) is 0 Å². The fourth-order valence-corrected chi connectivity index (χ4v) is 3.65. The fourth-order valence-electron chi connectivity index (χ4n) is 3.65. The zero-order valence-electron chi connectivity index (χ0n) is 16.4. The second kappa shape index (κ2) is 7.54. The summed E-state index contributed by atoms with van der Waals surface area (Å²) in [5.74, 6) is -1.50. The van der Waals surface area contributed by atoms with Crippen LogP contribution < -0.4 is 10.3 Å². The van der Waals surface area contributed by atoms with Gasteiger partial charge < -0.3 is 4.90 Å². The molecule has 2 aromatic carbocycles. The Bertz CT molecular complexity index is 980. The van der Waals surface area contributed by atoms with Gasteiger partial charge in [-0.05, 0) is 63.6 Å². The van der Waals surface area contributed by atoms with Gasteiger partial charge in [0.05, 0.1) is 11.8 Å². The Labute approximate surface area is 163 Å². The number of hydrazone groups is 1. The van der Waals surface area contributed by atoms with Crippen molar-refractivity contribution in [1.29, 1.82) is 0 Å². The number of amides is 1. The van der Waals surface area contributed by atoms with Crippen LogP contribution in [-0.4, -0.2) is 24.2 Å². The van der Waals surface area contributed by atoms with Crippen LogP contribution >= 0.6 is 0 Å². The van der Waals surface area contributed by atoms with Gasteiger partial charge in [-0.3, -0.25) is 4.79 Å². The second-order valence-electron chi connectivity index (χ2n) is 7.33. The van der Waals surface area contributed by atoms with E-state index in [0.717, 1.165) is 29.4 Å². The summed E-state index contributed by atoms with van der Waals surface area (Å²) in [5.41, 5.74) is 5.33. The van der Waals surface area contributed by atoms with Gasteiger partial charge in [0.15, 0.2) is 0 Å². The van der Waals surface area contributed by atoms with Crippen molar-refractivity contribution in [1.82, 2.24) is 5.43 Å². The van der Waals surface area contributed by atoms with Crippen molar-refractivity contribution in [2.24, 2.45) is 5.10 Å². The summed E-state index contributed by atoms with van der Waals surface area (Å²) in [6, 6.07) is 8.51. The van der Waals surface area contributed by atoms with E-state index in [-0.39, 0.29) is 16.7 Å². The highest BCUT2D eigenvalue weighted by molar-refractivity contribution is 5.95. The third-order valence-corrected chi connectivity index (χ3v) is 4.87. The number of fused-ring (bicyclic) bond motifs is 1. The maximum absolute atomic E-state index is 14.7. The summed E-state index contributed by atoms with van der Waals surface area (Å²) in [4.78, 5) is 14.2. The molecular weight excluding hydrogens is 360 g/mol. The van der Waals surface area contributed by atoms with E-state index in [1.807, 2.05) is 13.8 Å². The van der Waals surface area contributed by atoms with Crippen molar-refractivity contribution in [3.05, 3.63) is 70.8 Å². The molecule has 1 aliphatic rings. The molecule has 6 heteroatoms. The van der Waals surface area contributed by atoms with Crippen LogP contribution in [0.4, 0.5) is 14.5 Å². The molecule has 0 saturated carbocycles. The smallest absolute Gasteiger partial charge is 0.271 e. The molecule has 0 aromatic heterocycles. The Morgan fingerprint density at radius 1 is 1.25 bits per heavy atom. The van der Waals surface area contributed by atoms with Crippen LogP contribution in [0.2, 0.25) is 0 Å². The molecule has 4 nitrogen and oxygen atoms in total. The largest absolute Gasteiger partial charge is 0.363 e. The van der Waals surface area contributed by atoms with Crippen molar-refractivity contribution in [2.75, 3.05) is 11.4 Å². The first-order chi connectivity index (χ1) is 13.2. The van der Waals surface area contributed by atoms with E-state index in [2.05, 4.69) is 35.4 Å². The number of hydrogen-bond acceptors (Lipinski definition) is 3. The van der Waals surface area contributed by atoms with Crippen LogP contribution in [0.15, 0.2) is 47.6 Å². The summed E-state index contributed by atoms with van der Waals surface area (Å²) in [6.45, 7) is 8.98. The molecule has 1 amide bonds. The van der Waals surface area contributed by atoms with Gasteiger partial charge in [0.1, 0.15) is 11.6 Å². The maximum atomic E-state index is 14.7. The highest BCUT2D eigenvalue weighted by Gasteiger charge is 2.30. The number of benzene rings is 2. The Balaban J connectivity index is 1.85. The predicted molar refractivity (Wildman–Crippen MR) is 109 cm³/mol. The number of nitrogens with one attached hydrogen (secondary N) is 1. The maximum Gasteiger partial charge on any atom is 0.271 e. The number of hydrogen-bond donors (Lipinski definition) is 1. The molecule has 146 valence electrons. The number of carbonyl (C=O) groups is 1. The van der Waals surface area contributed by atoms with Crippen molar-refractivity contribution >= 4 is 23.4 Å². The van der Waals surface area contributed by atoms with Gasteiger partial charge in [-0.15, -0.1) is 0 Å². The first kappa shape index (κ1) is 19.7. The molecule has 1 N–H and O–H groups in total. The fraction of sp³-hybridized carbons (Fsp3) is 0.273. The quantitative estimate of drug-likeness (QED) is 0.612. The van der Waals surface area contributed by atoms with Gasteiger partial charge in [0.25, 0.3) is 5.91 Å². The van der Waals surface area contributed by atoms with Gasteiger partial charge in [0, 0.05) is 28.9 Å². The molecule has 0 fully saturated rings. The number of allylic oxidation sites excluding steroid dienone is 1. The average Bonchev–Trinajstić information content (AvgIpc) is 2.62. The lowest BCUT2D eigenvalue weighted by molar-refractivity contribution is 0.0954. The van der Waals surface area contributed by atoms with Crippen LogP contribution in [0.1, 0.15) is 49.2 Å². The minimum atomic E-state index is -0.566. The standard InChI is InChI=1S/C22H23F2N3O/c1-5-27-20-11-19(24)16(10-18(20)14(2)12-22(27,3)4)13-25-26-21(28)15-7-6-8-17(23)9-15/h6-13H,5H2,1-4H3,(H,26,28)/b25-13-. The van der Waals surface area contributed by atoms with Gasteiger partial charge in [-0.1, -0.05) is 12.1 Å². The molecule has 2 aromatic rings. The van der Waals surface area contributed by atoms with Crippen LogP contribution in [0, 0.1) is 11.6 Å². The molecule has 1 heterocycles. The first-order valence-electron chi connectivity index (χ1n) is 9.13. The topological polar surface area (TPSA) is 44.7 Å². The minimum Gasteiger partial charge on any atom is -0.363 e. The normalized spacial score (nSPS) is 15.4. The highest BCUT2D eigenvalue weighted by atomic mass is 19.1. The number of nitrogens with zero attached hydrogens (tertiary/aromatic N) is 2. The molecule has 1 aliphatic heterocycles. The molecular formula is C22H23F2N3O. The summed E-state index contributed by atoms with van der Waals surface area (Å²) < 4.78 is 27.9. The van der Waals surface area contributed by atoms with E-state index in [1.165, 1.54) is 30.5 Å². The zero-order valence-corrected chi connectivity index (χ0v) is 16.4. The minimum absolute atomic E-state index is 0.141. The predicted octanol–water partition coefficient (Wildman–Crippen LogP) is 4.75. The Morgan fingerprint density at radius 2 is 2.00 bits per heavy atom. The Morgan fingerprint density at radius 3 is 2.68 bits per heavy atom. The summed E-state index contributed by atoms with van der Waals surface area (Å²) in [7, 11) is 0. The molecule has 0 aliphatic carbocycles. The number of rotatable bonds is 4. The van der Waals surface area contributed by atoms with Crippen molar-refractivity contribution in [3.63, 3.8) is 0 Å². The van der Waals surface area contributed by atoms with Gasteiger partial charge in [-0.2, -0.15) is 5.10 Å². The summed E-state index contributed by atoms with van der Waals surface area (Å²) >= 11 is 0. The van der Waals surface area contributed by atoms with Crippen molar-refractivity contribution < 1.29 is 13.6 Å². The van der Waals surface area contributed by atoms with E-state index in [9.17, 15) is 13.6 Å². The molecule has 0 saturated heterocycles. The van der Waals surface area contributed by atoms with E-state index in [4.69, 9.17) is 0 Å². The van der Waals surface area contributed by atoms with Crippen LogP contribution in [0.25, 0.3) is 5.57 Å². The number of anilines is 1. The van der Waals surface area contributed by atoms with E-state index >= 15 is 0 Å².